The Morgan fingerprint density at radius 3 is 2.55 bits per heavy atom. The molecule has 22 heavy (non-hydrogen) atoms. The number of carbonyl (C=O) groups is 2. The van der Waals surface area contributed by atoms with Crippen LogP contribution in [-0.4, -0.2) is 25.0 Å². The van der Waals surface area contributed by atoms with Crippen LogP contribution in [0, 0.1) is 5.92 Å². The molecule has 1 rings (SSSR count). The van der Waals surface area contributed by atoms with E-state index in [1.165, 1.54) is 0 Å². The van der Waals surface area contributed by atoms with Crippen molar-refractivity contribution in [3.63, 3.8) is 0 Å². The van der Waals surface area contributed by atoms with Crippen molar-refractivity contribution in [2.45, 2.75) is 33.1 Å². The molecule has 0 unspecified atom stereocenters. The molecule has 0 fully saturated rings. The largest absolute Gasteiger partial charge is 0.356 e. The third-order valence-electron chi connectivity index (χ3n) is 2.95. The van der Waals surface area contributed by atoms with Crippen LogP contribution in [-0.2, 0) is 4.79 Å². The van der Waals surface area contributed by atoms with Crippen molar-refractivity contribution in [1.82, 2.24) is 10.6 Å². The normalized spacial score (nSPS) is 10.4. The highest BCUT2D eigenvalue weighted by molar-refractivity contribution is 9.10. The van der Waals surface area contributed by atoms with Gasteiger partial charge in [0.1, 0.15) is 0 Å². The molecule has 0 spiro atoms. The average molecular weight is 370 g/mol. The lowest BCUT2D eigenvalue weighted by molar-refractivity contribution is -0.121. The van der Waals surface area contributed by atoms with Gasteiger partial charge in [0.15, 0.2) is 0 Å². The third kappa shape index (κ3) is 8.02. The van der Waals surface area contributed by atoms with E-state index in [0.29, 0.717) is 25.4 Å². The van der Waals surface area contributed by atoms with E-state index >= 15 is 0 Å². The maximum atomic E-state index is 11.7. The Morgan fingerprint density at radius 1 is 1.14 bits per heavy atom. The molecule has 122 valence electrons. The molecule has 3 N–H and O–H groups in total. The van der Waals surface area contributed by atoms with E-state index in [9.17, 15) is 9.59 Å². The Hall–Kier alpha value is -1.56. The van der Waals surface area contributed by atoms with Gasteiger partial charge in [-0.2, -0.15) is 0 Å². The van der Waals surface area contributed by atoms with Crippen LogP contribution in [0.1, 0.15) is 33.1 Å². The fraction of sp³-hybridized carbons (Fsp3) is 0.500. The predicted octanol–water partition coefficient (Wildman–Crippen LogP) is 3.51. The van der Waals surface area contributed by atoms with Gasteiger partial charge in [0, 0.05) is 24.0 Å². The molecular formula is C16H24BrN3O2. The van der Waals surface area contributed by atoms with Crippen molar-refractivity contribution in [1.29, 1.82) is 0 Å². The number of hydrogen-bond donors (Lipinski definition) is 3. The first-order valence-corrected chi connectivity index (χ1v) is 8.34. The minimum Gasteiger partial charge on any atom is -0.356 e. The molecule has 0 radical (unpaired) electrons. The van der Waals surface area contributed by atoms with Crippen LogP contribution in [0.15, 0.2) is 28.7 Å². The van der Waals surface area contributed by atoms with Gasteiger partial charge in [0.2, 0.25) is 5.91 Å². The molecule has 1 aromatic carbocycles. The maximum Gasteiger partial charge on any atom is 0.319 e. The summed E-state index contributed by atoms with van der Waals surface area (Å²) in [6, 6.07) is 7.19. The molecule has 0 saturated carbocycles. The van der Waals surface area contributed by atoms with Gasteiger partial charge in [0.25, 0.3) is 0 Å². The molecule has 5 nitrogen and oxygen atoms in total. The van der Waals surface area contributed by atoms with Crippen LogP contribution in [0.25, 0.3) is 0 Å². The molecule has 3 amide bonds. The second-order valence-corrected chi connectivity index (χ2v) is 6.37. The second-order valence-electron chi connectivity index (χ2n) is 5.52. The highest BCUT2D eigenvalue weighted by atomic mass is 79.9. The Labute approximate surface area is 140 Å². The van der Waals surface area contributed by atoms with E-state index in [4.69, 9.17) is 0 Å². The predicted molar refractivity (Wildman–Crippen MR) is 92.9 cm³/mol. The Morgan fingerprint density at radius 2 is 1.86 bits per heavy atom. The summed E-state index contributed by atoms with van der Waals surface area (Å²) in [6.45, 7) is 5.39. The van der Waals surface area contributed by atoms with E-state index in [1.807, 2.05) is 24.3 Å². The van der Waals surface area contributed by atoms with Crippen molar-refractivity contribution < 1.29 is 9.59 Å². The third-order valence-corrected chi connectivity index (χ3v) is 3.64. The number of urea groups is 1. The van der Waals surface area contributed by atoms with Gasteiger partial charge < -0.3 is 16.0 Å². The molecule has 0 saturated heterocycles. The number of benzene rings is 1. The molecule has 0 aromatic heterocycles. The highest BCUT2D eigenvalue weighted by Gasteiger charge is 2.05. The number of para-hydroxylation sites is 1. The first kappa shape index (κ1) is 18.5. The zero-order valence-corrected chi connectivity index (χ0v) is 14.7. The summed E-state index contributed by atoms with van der Waals surface area (Å²) in [5.41, 5.74) is 0.730. The lowest BCUT2D eigenvalue weighted by Gasteiger charge is -2.09. The number of carbonyl (C=O) groups excluding carboxylic acids is 2. The second kappa shape index (κ2) is 10.2. The highest BCUT2D eigenvalue weighted by Crippen LogP contribution is 2.20. The smallest absolute Gasteiger partial charge is 0.319 e. The number of amides is 3. The molecule has 1 aromatic rings. The van der Waals surface area contributed by atoms with Crippen LogP contribution in [0.5, 0.6) is 0 Å². The Balaban J connectivity index is 2.11. The van der Waals surface area contributed by atoms with Crippen LogP contribution >= 0.6 is 15.9 Å². The summed E-state index contributed by atoms with van der Waals surface area (Å²) in [5, 5.41) is 8.42. The standard InChI is InChI=1S/C16H24BrN3O2/c1-12(2)11-19-15(21)9-5-6-10-18-16(22)20-14-8-4-3-7-13(14)17/h3-4,7-8,12H,5-6,9-11H2,1-2H3,(H,19,21)(H2,18,20,22). The molecule has 0 aliphatic heterocycles. The molecule has 0 aliphatic carbocycles. The summed E-state index contributed by atoms with van der Waals surface area (Å²) >= 11 is 3.37. The van der Waals surface area contributed by atoms with E-state index < -0.39 is 0 Å². The number of hydrogen-bond acceptors (Lipinski definition) is 2. The summed E-state index contributed by atoms with van der Waals surface area (Å²) in [7, 11) is 0. The van der Waals surface area contributed by atoms with Crippen molar-refractivity contribution in [3.8, 4) is 0 Å². The van der Waals surface area contributed by atoms with Crippen LogP contribution < -0.4 is 16.0 Å². The molecular weight excluding hydrogens is 346 g/mol. The number of nitrogens with one attached hydrogen (secondary N) is 3. The van der Waals surface area contributed by atoms with Gasteiger partial charge in [-0.25, -0.2) is 4.79 Å². The molecule has 0 bridgehead atoms. The topological polar surface area (TPSA) is 70.2 Å². The molecule has 0 aliphatic rings. The van der Waals surface area contributed by atoms with Gasteiger partial charge in [-0.15, -0.1) is 0 Å². The zero-order valence-electron chi connectivity index (χ0n) is 13.1. The van der Waals surface area contributed by atoms with Gasteiger partial charge >= 0.3 is 6.03 Å². The van der Waals surface area contributed by atoms with Gasteiger partial charge in [-0.3, -0.25) is 4.79 Å². The van der Waals surface area contributed by atoms with Crippen LogP contribution in [0.3, 0.4) is 0 Å². The van der Waals surface area contributed by atoms with Crippen molar-refractivity contribution in [3.05, 3.63) is 28.7 Å². The van der Waals surface area contributed by atoms with Crippen molar-refractivity contribution >= 4 is 33.6 Å². The number of halogens is 1. The summed E-state index contributed by atoms with van der Waals surface area (Å²) < 4.78 is 0.840. The van der Waals surface area contributed by atoms with E-state index in [0.717, 1.165) is 23.0 Å². The SMILES string of the molecule is CC(C)CNC(=O)CCCCNC(=O)Nc1ccccc1Br. The number of unbranched alkanes of at least 4 members (excludes halogenated alkanes) is 1. The first-order valence-electron chi connectivity index (χ1n) is 7.55. The van der Waals surface area contributed by atoms with Gasteiger partial charge in [0.05, 0.1) is 5.69 Å². The maximum absolute atomic E-state index is 11.7. The zero-order chi connectivity index (χ0) is 16.4. The monoisotopic (exact) mass is 369 g/mol. The summed E-state index contributed by atoms with van der Waals surface area (Å²) in [6.07, 6.45) is 2.04. The van der Waals surface area contributed by atoms with E-state index in [2.05, 4.69) is 45.7 Å². The van der Waals surface area contributed by atoms with Crippen molar-refractivity contribution in [2.75, 3.05) is 18.4 Å². The molecule has 0 heterocycles. The Bertz CT molecular complexity index is 492. The van der Waals surface area contributed by atoms with Crippen LogP contribution in [0.2, 0.25) is 0 Å². The fourth-order valence-electron chi connectivity index (χ4n) is 1.75. The van der Waals surface area contributed by atoms with Gasteiger partial charge in [-0.05, 0) is 46.8 Å². The average Bonchev–Trinajstić information content (AvgIpc) is 2.47. The first-order chi connectivity index (χ1) is 10.5. The van der Waals surface area contributed by atoms with Crippen molar-refractivity contribution in [2.24, 2.45) is 5.92 Å². The quantitative estimate of drug-likeness (QED) is 0.613. The summed E-state index contributed by atoms with van der Waals surface area (Å²) in [4.78, 5) is 23.2. The minimum atomic E-state index is -0.240. The molecule has 6 heteroatoms. The number of rotatable bonds is 8. The van der Waals surface area contributed by atoms with Gasteiger partial charge in [-0.1, -0.05) is 26.0 Å². The molecule has 0 atom stereocenters. The van der Waals surface area contributed by atoms with E-state index in [1.54, 1.807) is 0 Å². The Kier molecular flexibility index (Phi) is 8.58. The summed E-state index contributed by atoms with van der Waals surface area (Å²) in [5.74, 6) is 0.540. The lowest BCUT2D eigenvalue weighted by Crippen LogP contribution is -2.30. The van der Waals surface area contributed by atoms with Crippen LogP contribution in [0.4, 0.5) is 10.5 Å². The fourth-order valence-corrected chi connectivity index (χ4v) is 2.13. The number of anilines is 1. The lowest BCUT2D eigenvalue weighted by atomic mass is 10.2. The van der Waals surface area contributed by atoms with E-state index in [-0.39, 0.29) is 11.9 Å². The minimum absolute atomic E-state index is 0.0753.